The zero-order valence-corrected chi connectivity index (χ0v) is 18.2. The highest BCUT2D eigenvalue weighted by Gasteiger charge is 2.37. The molecule has 1 aliphatic carbocycles. The minimum atomic E-state index is -4.58. The van der Waals surface area contributed by atoms with Crippen LogP contribution in [-0.4, -0.2) is 36.7 Å². The molecule has 4 nitrogen and oxygen atoms in total. The fourth-order valence-electron chi connectivity index (χ4n) is 4.38. The number of benzene rings is 2. The Bertz CT molecular complexity index is 949. The minimum absolute atomic E-state index is 0.00313. The molecule has 1 saturated carbocycles. The van der Waals surface area contributed by atoms with Gasteiger partial charge in [-0.2, -0.15) is 13.2 Å². The highest BCUT2D eigenvalue weighted by Crippen LogP contribution is 2.34. The number of amides is 1. The highest BCUT2D eigenvalue weighted by atomic mass is 19.4. The third kappa shape index (κ3) is 5.09. The first-order valence-corrected chi connectivity index (χ1v) is 11.0. The van der Waals surface area contributed by atoms with Crippen molar-refractivity contribution in [3.8, 4) is 5.75 Å². The van der Waals surface area contributed by atoms with Crippen molar-refractivity contribution in [3.63, 3.8) is 0 Å². The Labute approximate surface area is 186 Å². The number of rotatable bonds is 7. The average molecular weight is 447 g/mol. The fourth-order valence-corrected chi connectivity index (χ4v) is 4.38. The molecule has 1 amide bonds. The van der Waals surface area contributed by atoms with Gasteiger partial charge < -0.3 is 14.4 Å². The third-order valence-corrected chi connectivity index (χ3v) is 6.23. The summed E-state index contributed by atoms with van der Waals surface area (Å²) in [5, 5.41) is 0. The van der Waals surface area contributed by atoms with Crippen molar-refractivity contribution in [2.45, 2.75) is 51.4 Å². The molecule has 0 atom stereocenters. The molecule has 1 saturated heterocycles. The molecule has 0 spiro atoms. The Morgan fingerprint density at radius 1 is 1.12 bits per heavy atom. The summed E-state index contributed by atoms with van der Waals surface area (Å²) >= 11 is 0. The second-order valence-corrected chi connectivity index (χ2v) is 9.15. The number of hydrogen-bond donors (Lipinski definition) is 0. The van der Waals surface area contributed by atoms with Gasteiger partial charge in [0, 0.05) is 18.0 Å². The van der Waals surface area contributed by atoms with Crippen LogP contribution >= 0.6 is 0 Å². The Kier molecular flexibility index (Phi) is 6.47. The molecular formula is C25H28F3NO3. The predicted molar refractivity (Wildman–Crippen MR) is 114 cm³/mol. The summed E-state index contributed by atoms with van der Waals surface area (Å²) < 4.78 is 51.8. The molecule has 0 bridgehead atoms. The predicted octanol–water partition coefficient (Wildman–Crippen LogP) is 5.71. The van der Waals surface area contributed by atoms with Crippen molar-refractivity contribution in [2.24, 2.45) is 5.41 Å². The molecular weight excluding hydrogens is 419 g/mol. The molecule has 2 aromatic carbocycles. The van der Waals surface area contributed by atoms with Gasteiger partial charge in [0.05, 0.1) is 30.9 Å². The number of hydrogen-bond acceptors (Lipinski definition) is 3. The topological polar surface area (TPSA) is 38.8 Å². The quantitative estimate of drug-likeness (QED) is 0.546. The standard InChI is InChI=1S/C25H28F3NO3/c1-24(15-31-16-24)17-32-20-10-6-7-18(13-20)14-29(19-8-2-3-9-19)23(30)21-11-4-5-12-22(21)25(26,27)28/h4-7,10-13,19H,2-3,8-9,14-17H2,1H3. The maximum absolute atomic E-state index is 13.5. The lowest BCUT2D eigenvalue weighted by atomic mass is 9.90. The number of ether oxygens (including phenoxy) is 2. The molecule has 2 fully saturated rings. The van der Waals surface area contributed by atoms with E-state index >= 15 is 0 Å². The molecule has 1 heterocycles. The molecule has 172 valence electrons. The summed E-state index contributed by atoms with van der Waals surface area (Å²) in [6.45, 7) is 4.19. The molecule has 0 aromatic heterocycles. The van der Waals surface area contributed by atoms with Crippen LogP contribution in [0.15, 0.2) is 48.5 Å². The van der Waals surface area contributed by atoms with E-state index in [0.29, 0.717) is 25.6 Å². The molecule has 0 N–H and O–H groups in total. The lowest BCUT2D eigenvalue weighted by Crippen LogP contribution is -2.44. The average Bonchev–Trinajstić information content (AvgIpc) is 3.28. The fraction of sp³-hybridized carbons (Fsp3) is 0.480. The number of alkyl halides is 3. The molecule has 0 unspecified atom stereocenters. The summed E-state index contributed by atoms with van der Waals surface area (Å²) in [4.78, 5) is 15.0. The van der Waals surface area contributed by atoms with Crippen molar-refractivity contribution in [1.29, 1.82) is 0 Å². The zero-order valence-electron chi connectivity index (χ0n) is 18.2. The van der Waals surface area contributed by atoms with E-state index in [9.17, 15) is 18.0 Å². The van der Waals surface area contributed by atoms with E-state index in [4.69, 9.17) is 9.47 Å². The van der Waals surface area contributed by atoms with Crippen molar-refractivity contribution in [2.75, 3.05) is 19.8 Å². The van der Waals surface area contributed by atoms with Gasteiger partial charge in [-0.1, -0.05) is 44.0 Å². The van der Waals surface area contributed by atoms with Crippen LogP contribution < -0.4 is 4.74 Å². The SMILES string of the molecule is CC1(COc2cccc(CN(C(=O)c3ccccc3C(F)(F)F)C3CCCC3)c2)COC1. The van der Waals surface area contributed by atoms with Gasteiger partial charge >= 0.3 is 6.18 Å². The smallest absolute Gasteiger partial charge is 0.417 e. The van der Waals surface area contributed by atoms with Crippen LogP contribution in [0.5, 0.6) is 5.75 Å². The summed E-state index contributed by atoms with van der Waals surface area (Å²) in [5.41, 5.74) is -0.344. The van der Waals surface area contributed by atoms with Gasteiger partial charge in [-0.3, -0.25) is 4.79 Å². The molecule has 2 aromatic rings. The minimum Gasteiger partial charge on any atom is -0.493 e. The Morgan fingerprint density at radius 2 is 1.84 bits per heavy atom. The van der Waals surface area contributed by atoms with Crippen LogP contribution in [0.4, 0.5) is 13.2 Å². The van der Waals surface area contributed by atoms with Gasteiger partial charge in [-0.15, -0.1) is 0 Å². The Balaban J connectivity index is 1.56. The Morgan fingerprint density at radius 3 is 2.50 bits per heavy atom. The number of nitrogens with zero attached hydrogens (tertiary/aromatic N) is 1. The van der Waals surface area contributed by atoms with Crippen LogP contribution in [-0.2, 0) is 17.5 Å². The second-order valence-electron chi connectivity index (χ2n) is 9.15. The Hall–Kier alpha value is -2.54. The first kappa shape index (κ1) is 22.6. The normalized spacial score (nSPS) is 18.2. The summed E-state index contributed by atoms with van der Waals surface area (Å²) in [5.74, 6) is 0.111. The van der Waals surface area contributed by atoms with E-state index in [0.717, 1.165) is 37.3 Å². The van der Waals surface area contributed by atoms with E-state index < -0.39 is 17.6 Å². The van der Waals surface area contributed by atoms with Crippen molar-refractivity contribution in [3.05, 3.63) is 65.2 Å². The van der Waals surface area contributed by atoms with E-state index in [1.807, 2.05) is 24.3 Å². The van der Waals surface area contributed by atoms with Gasteiger partial charge in [0.1, 0.15) is 5.75 Å². The van der Waals surface area contributed by atoms with Gasteiger partial charge in [-0.25, -0.2) is 0 Å². The van der Waals surface area contributed by atoms with Crippen LogP contribution in [0.2, 0.25) is 0 Å². The lowest BCUT2D eigenvalue weighted by molar-refractivity contribution is -0.138. The molecule has 7 heteroatoms. The monoisotopic (exact) mass is 447 g/mol. The van der Waals surface area contributed by atoms with Crippen LogP contribution in [0.1, 0.15) is 54.1 Å². The van der Waals surface area contributed by atoms with Crippen LogP contribution in [0, 0.1) is 5.41 Å². The van der Waals surface area contributed by atoms with E-state index in [2.05, 4.69) is 6.92 Å². The highest BCUT2D eigenvalue weighted by molar-refractivity contribution is 5.96. The summed E-state index contributed by atoms with van der Waals surface area (Å²) in [6, 6.07) is 12.4. The van der Waals surface area contributed by atoms with Crippen LogP contribution in [0.3, 0.4) is 0 Å². The van der Waals surface area contributed by atoms with Crippen molar-refractivity contribution < 1.29 is 27.4 Å². The molecule has 4 rings (SSSR count). The molecule has 0 radical (unpaired) electrons. The number of carbonyl (C=O) groups is 1. The summed E-state index contributed by atoms with van der Waals surface area (Å²) in [7, 11) is 0. The molecule has 32 heavy (non-hydrogen) atoms. The van der Waals surface area contributed by atoms with Gasteiger partial charge in [0.25, 0.3) is 5.91 Å². The first-order chi connectivity index (χ1) is 15.3. The maximum Gasteiger partial charge on any atom is 0.417 e. The number of halogens is 3. The van der Waals surface area contributed by atoms with Gasteiger partial charge in [0.2, 0.25) is 0 Å². The summed E-state index contributed by atoms with van der Waals surface area (Å²) in [6.07, 6.45) is -1.04. The first-order valence-electron chi connectivity index (χ1n) is 11.0. The van der Waals surface area contributed by atoms with Gasteiger partial charge in [0.15, 0.2) is 0 Å². The van der Waals surface area contributed by atoms with Crippen molar-refractivity contribution >= 4 is 5.91 Å². The van der Waals surface area contributed by atoms with Crippen molar-refractivity contribution in [1.82, 2.24) is 4.90 Å². The van der Waals surface area contributed by atoms with E-state index in [-0.39, 0.29) is 23.6 Å². The second kappa shape index (κ2) is 9.14. The maximum atomic E-state index is 13.5. The lowest BCUT2D eigenvalue weighted by Gasteiger charge is -2.37. The third-order valence-electron chi connectivity index (χ3n) is 6.23. The zero-order chi connectivity index (χ0) is 22.8. The van der Waals surface area contributed by atoms with Gasteiger partial charge in [-0.05, 0) is 42.7 Å². The molecule has 2 aliphatic rings. The van der Waals surface area contributed by atoms with E-state index in [1.165, 1.54) is 18.2 Å². The van der Waals surface area contributed by atoms with Crippen LogP contribution in [0.25, 0.3) is 0 Å². The molecule has 1 aliphatic heterocycles. The number of carbonyl (C=O) groups excluding carboxylic acids is 1. The van der Waals surface area contributed by atoms with E-state index in [1.54, 1.807) is 4.90 Å². The largest absolute Gasteiger partial charge is 0.493 e.